The highest BCUT2D eigenvalue weighted by Crippen LogP contribution is 2.34. The third-order valence-electron chi connectivity index (χ3n) is 3.27. The number of rotatable bonds is 2. The van der Waals surface area contributed by atoms with Crippen LogP contribution in [-0.2, 0) is 12.0 Å². The highest BCUT2D eigenvalue weighted by Gasteiger charge is 2.31. The van der Waals surface area contributed by atoms with Crippen molar-refractivity contribution in [3.63, 3.8) is 0 Å². The topological polar surface area (TPSA) is 29.3 Å². The second-order valence-electron chi connectivity index (χ2n) is 5.20. The van der Waals surface area contributed by atoms with Crippen molar-refractivity contribution in [3.8, 4) is 0 Å². The minimum absolute atomic E-state index is 0.0798. The fourth-order valence-electron chi connectivity index (χ4n) is 2.62. The van der Waals surface area contributed by atoms with E-state index in [0.717, 1.165) is 18.8 Å². The van der Waals surface area contributed by atoms with Gasteiger partial charge in [0.25, 0.3) is 0 Å². The summed E-state index contributed by atoms with van der Waals surface area (Å²) in [6.45, 7) is 6.35. The van der Waals surface area contributed by atoms with Crippen molar-refractivity contribution in [1.82, 2.24) is 4.90 Å². The van der Waals surface area contributed by atoms with Crippen molar-refractivity contribution in [2.75, 3.05) is 25.5 Å². The molecule has 0 aliphatic carbocycles. The van der Waals surface area contributed by atoms with Crippen LogP contribution in [0.4, 0.5) is 10.1 Å². The molecular formula is C13H19FN2. The zero-order chi connectivity index (χ0) is 11.8. The van der Waals surface area contributed by atoms with E-state index in [4.69, 9.17) is 5.73 Å². The molecule has 0 radical (unpaired) electrons. The third kappa shape index (κ3) is 2.05. The number of anilines is 1. The Kier molecular flexibility index (Phi) is 2.89. The van der Waals surface area contributed by atoms with Crippen LogP contribution >= 0.6 is 0 Å². The van der Waals surface area contributed by atoms with Crippen LogP contribution in [-0.4, -0.2) is 24.7 Å². The van der Waals surface area contributed by atoms with Crippen LogP contribution in [0.5, 0.6) is 0 Å². The van der Waals surface area contributed by atoms with E-state index < -0.39 is 0 Å². The molecule has 0 spiro atoms. The van der Waals surface area contributed by atoms with E-state index in [0.29, 0.717) is 6.54 Å². The van der Waals surface area contributed by atoms with Crippen molar-refractivity contribution in [2.24, 2.45) is 0 Å². The third-order valence-corrected chi connectivity index (χ3v) is 3.27. The Morgan fingerprint density at radius 1 is 1.44 bits per heavy atom. The predicted octanol–water partition coefficient (Wildman–Crippen LogP) is 2.33. The summed E-state index contributed by atoms with van der Waals surface area (Å²) in [5.41, 5.74) is 9.25. The summed E-state index contributed by atoms with van der Waals surface area (Å²) in [4.78, 5) is 2.15. The molecule has 1 aromatic rings. The van der Waals surface area contributed by atoms with Crippen LogP contribution in [0.1, 0.15) is 25.0 Å². The van der Waals surface area contributed by atoms with E-state index in [9.17, 15) is 4.39 Å². The molecule has 1 aliphatic rings. The van der Waals surface area contributed by atoms with Gasteiger partial charge in [-0.3, -0.25) is 4.90 Å². The van der Waals surface area contributed by atoms with Crippen molar-refractivity contribution in [1.29, 1.82) is 0 Å². The van der Waals surface area contributed by atoms with Crippen LogP contribution in [0.2, 0.25) is 0 Å². The normalized spacial score (nSPS) is 19.4. The monoisotopic (exact) mass is 222 g/mol. The molecule has 2 N–H and O–H groups in total. The Morgan fingerprint density at radius 3 is 2.88 bits per heavy atom. The lowest BCUT2D eigenvalue weighted by molar-refractivity contribution is 0.180. The van der Waals surface area contributed by atoms with Gasteiger partial charge in [-0.1, -0.05) is 19.9 Å². The molecule has 88 valence electrons. The molecule has 1 heterocycles. The molecule has 0 saturated heterocycles. The lowest BCUT2D eigenvalue weighted by Crippen LogP contribution is -2.42. The lowest BCUT2D eigenvalue weighted by atomic mass is 9.78. The van der Waals surface area contributed by atoms with Crippen LogP contribution in [0.25, 0.3) is 0 Å². The van der Waals surface area contributed by atoms with Gasteiger partial charge in [-0.2, -0.15) is 0 Å². The number of nitrogen functional groups attached to an aromatic ring is 1. The molecule has 1 aliphatic heterocycles. The van der Waals surface area contributed by atoms with Gasteiger partial charge in [0.2, 0.25) is 0 Å². The molecule has 16 heavy (non-hydrogen) atoms. The maximum absolute atomic E-state index is 12.4. The molecule has 0 bridgehead atoms. The summed E-state index contributed by atoms with van der Waals surface area (Å²) in [5, 5.41) is 0. The number of nitrogens with two attached hydrogens (primary N) is 1. The Morgan fingerprint density at radius 2 is 2.19 bits per heavy atom. The van der Waals surface area contributed by atoms with Gasteiger partial charge in [0.05, 0.1) is 0 Å². The van der Waals surface area contributed by atoms with E-state index >= 15 is 0 Å². The van der Waals surface area contributed by atoms with Crippen molar-refractivity contribution < 1.29 is 4.39 Å². The fourth-order valence-corrected chi connectivity index (χ4v) is 2.62. The van der Waals surface area contributed by atoms with Gasteiger partial charge < -0.3 is 5.73 Å². The number of fused-ring (bicyclic) bond motifs is 1. The summed E-state index contributed by atoms with van der Waals surface area (Å²) in [6.07, 6.45) is 0. The molecule has 0 amide bonds. The van der Waals surface area contributed by atoms with Gasteiger partial charge in [0.1, 0.15) is 6.67 Å². The minimum atomic E-state index is -0.284. The van der Waals surface area contributed by atoms with Gasteiger partial charge >= 0.3 is 0 Å². The first-order valence-corrected chi connectivity index (χ1v) is 5.70. The number of alkyl halides is 1. The Hall–Kier alpha value is -1.09. The Labute approximate surface area is 96.2 Å². The number of nitrogens with zero attached hydrogens (tertiary/aromatic N) is 1. The van der Waals surface area contributed by atoms with Crippen molar-refractivity contribution >= 4 is 5.69 Å². The highest BCUT2D eigenvalue weighted by atomic mass is 19.1. The molecule has 2 rings (SSSR count). The average molecular weight is 222 g/mol. The molecule has 0 fully saturated rings. The average Bonchev–Trinajstić information content (AvgIpc) is 2.15. The fraction of sp³-hybridized carbons (Fsp3) is 0.538. The number of halogens is 1. The summed E-state index contributed by atoms with van der Waals surface area (Å²) in [7, 11) is 0. The van der Waals surface area contributed by atoms with Gasteiger partial charge in [0.15, 0.2) is 0 Å². The first-order valence-electron chi connectivity index (χ1n) is 5.70. The number of benzene rings is 1. The zero-order valence-electron chi connectivity index (χ0n) is 9.96. The molecule has 0 unspecified atom stereocenters. The van der Waals surface area contributed by atoms with E-state index in [2.05, 4.69) is 24.8 Å². The van der Waals surface area contributed by atoms with Crippen LogP contribution in [0.15, 0.2) is 18.2 Å². The molecular weight excluding hydrogens is 203 g/mol. The van der Waals surface area contributed by atoms with Gasteiger partial charge in [-0.15, -0.1) is 0 Å². The predicted molar refractivity (Wildman–Crippen MR) is 65.1 cm³/mol. The first kappa shape index (κ1) is 11.4. The SMILES string of the molecule is CC1(C)CN(CCF)Cc2cc(N)ccc21. The standard InChI is InChI=1S/C13H19FN2/c1-13(2)9-16(6-5-14)8-10-7-11(15)3-4-12(10)13/h3-4,7H,5-6,8-9,15H2,1-2H3. The number of hydrogen-bond acceptors (Lipinski definition) is 2. The van der Waals surface area contributed by atoms with Gasteiger partial charge in [-0.05, 0) is 23.3 Å². The molecule has 0 saturated carbocycles. The summed E-state index contributed by atoms with van der Waals surface area (Å²) in [6, 6.07) is 6.07. The van der Waals surface area contributed by atoms with E-state index in [1.165, 1.54) is 11.1 Å². The second kappa shape index (κ2) is 4.06. The van der Waals surface area contributed by atoms with Gasteiger partial charge in [0, 0.05) is 30.7 Å². The maximum atomic E-state index is 12.4. The summed E-state index contributed by atoms with van der Waals surface area (Å²) >= 11 is 0. The maximum Gasteiger partial charge on any atom is 0.102 e. The minimum Gasteiger partial charge on any atom is -0.399 e. The van der Waals surface area contributed by atoms with Crippen LogP contribution in [0, 0.1) is 0 Å². The van der Waals surface area contributed by atoms with Crippen LogP contribution < -0.4 is 5.73 Å². The van der Waals surface area contributed by atoms with E-state index in [1.54, 1.807) is 0 Å². The first-order chi connectivity index (χ1) is 7.53. The van der Waals surface area contributed by atoms with Crippen molar-refractivity contribution in [3.05, 3.63) is 29.3 Å². The Bertz CT molecular complexity index is 388. The molecule has 3 heteroatoms. The molecule has 1 aromatic carbocycles. The quantitative estimate of drug-likeness (QED) is 0.778. The molecule has 0 aromatic heterocycles. The van der Waals surface area contributed by atoms with E-state index in [1.807, 2.05) is 12.1 Å². The number of hydrogen-bond donors (Lipinski definition) is 1. The zero-order valence-corrected chi connectivity index (χ0v) is 9.96. The molecule has 2 nitrogen and oxygen atoms in total. The highest BCUT2D eigenvalue weighted by molar-refractivity contribution is 5.48. The van der Waals surface area contributed by atoms with E-state index in [-0.39, 0.29) is 12.1 Å². The largest absolute Gasteiger partial charge is 0.399 e. The second-order valence-corrected chi connectivity index (χ2v) is 5.20. The Balaban J connectivity index is 2.35. The summed E-state index contributed by atoms with van der Waals surface area (Å²) in [5.74, 6) is 0. The van der Waals surface area contributed by atoms with Crippen molar-refractivity contribution in [2.45, 2.75) is 25.8 Å². The summed E-state index contributed by atoms with van der Waals surface area (Å²) < 4.78 is 12.4. The van der Waals surface area contributed by atoms with Crippen LogP contribution in [0.3, 0.4) is 0 Å². The smallest absolute Gasteiger partial charge is 0.102 e. The lowest BCUT2D eigenvalue weighted by Gasteiger charge is -2.39. The van der Waals surface area contributed by atoms with Gasteiger partial charge in [-0.25, -0.2) is 4.39 Å². The molecule has 0 atom stereocenters.